The molecule has 3 heteroatoms. The molecule has 0 bridgehead atoms. The smallest absolute Gasteiger partial charge is 0.0579 e. The Kier molecular flexibility index (Phi) is 12.2. The molecule has 0 radical (unpaired) electrons. The fourth-order valence-corrected chi connectivity index (χ4v) is 12.0. The number of rotatable bonds is 11. The number of allylic oxidation sites excluding steroid dienone is 14. The fourth-order valence-electron chi connectivity index (χ4n) is 12.0. The highest BCUT2D eigenvalue weighted by Gasteiger charge is 2.37. The molecule has 0 saturated carbocycles. The summed E-state index contributed by atoms with van der Waals surface area (Å²) >= 11 is 0. The third kappa shape index (κ3) is 8.54. The van der Waals surface area contributed by atoms with E-state index in [0.29, 0.717) is 5.92 Å². The number of hydrogen-bond acceptors (Lipinski definition) is 2. The molecule has 5 aliphatic rings. The van der Waals surface area contributed by atoms with Crippen molar-refractivity contribution in [2.45, 2.75) is 64.8 Å². The minimum Gasteiger partial charge on any atom is -0.338 e. The predicted molar refractivity (Wildman–Crippen MR) is 298 cm³/mol. The summed E-state index contributed by atoms with van der Waals surface area (Å²) < 4.78 is 2.54. The van der Waals surface area contributed by atoms with E-state index in [2.05, 4.69) is 259 Å². The molecule has 3 nitrogen and oxygen atoms in total. The van der Waals surface area contributed by atoms with Crippen molar-refractivity contribution in [3.8, 4) is 16.8 Å². The first-order valence-electron chi connectivity index (χ1n) is 25.8. The van der Waals surface area contributed by atoms with Crippen LogP contribution in [0.4, 0.5) is 11.4 Å². The van der Waals surface area contributed by atoms with Gasteiger partial charge in [-0.25, -0.2) is 0 Å². The molecule has 12 rings (SSSR count). The average Bonchev–Trinajstić information content (AvgIpc) is 3.76. The van der Waals surface area contributed by atoms with Gasteiger partial charge in [0.05, 0.1) is 17.3 Å². The standard InChI is InChI=1S/C68H61N3/c1-48-22-18-19-33-62(48)67-49(2)64(47-65-63-34-20-21-35-66(63)71(68(65)67)57-31-16-7-17-32-57)54-44-60(69(55-27-12-5-13-28-55)58-40-36-52(37-41-58)50-23-8-3-9-24-50)46-61(45-54)70(56-29-14-6-15-30-56)59-42-38-53(39-43-59)51-25-10-4-11-26-51/h3,5-10,12-14,16-29,31-38,40-45,53,61,64H,4,11,15,30,39,46-47H2,1-2H3. The van der Waals surface area contributed by atoms with Gasteiger partial charge >= 0.3 is 0 Å². The average molecular weight is 920 g/mol. The first-order chi connectivity index (χ1) is 35.1. The molecule has 0 spiro atoms. The summed E-state index contributed by atoms with van der Waals surface area (Å²) in [5, 5.41) is 1.33. The Labute approximate surface area is 420 Å². The first-order valence-corrected chi connectivity index (χ1v) is 25.8. The maximum Gasteiger partial charge on any atom is 0.0579 e. The van der Waals surface area contributed by atoms with E-state index in [4.69, 9.17) is 0 Å². The van der Waals surface area contributed by atoms with Gasteiger partial charge in [0.15, 0.2) is 0 Å². The van der Waals surface area contributed by atoms with Crippen LogP contribution in [0.25, 0.3) is 33.3 Å². The molecule has 0 fully saturated rings. The molecule has 0 aliphatic heterocycles. The molecular weight excluding hydrogens is 859 g/mol. The number of benzene rings is 6. The van der Waals surface area contributed by atoms with Crippen molar-refractivity contribution in [1.29, 1.82) is 0 Å². The number of nitrogens with zero attached hydrogens (tertiary/aromatic N) is 3. The van der Waals surface area contributed by atoms with Crippen LogP contribution in [0.15, 0.2) is 264 Å². The van der Waals surface area contributed by atoms with Crippen molar-refractivity contribution >= 4 is 27.9 Å². The normalized spacial score (nSPS) is 19.6. The summed E-state index contributed by atoms with van der Waals surface area (Å²) in [4.78, 5) is 5.26. The number of fused-ring (bicyclic) bond motifs is 3. The molecule has 1 heterocycles. The lowest BCUT2D eigenvalue weighted by Crippen LogP contribution is -2.37. The van der Waals surface area contributed by atoms with Crippen LogP contribution in [-0.2, 0) is 6.42 Å². The Morgan fingerprint density at radius 3 is 2.04 bits per heavy atom. The van der Waals surface area contributed by atoms with E-state index in [9.17, 15) is 0 Å². The van der Waals surface area contributed by atoms with Crippen LogP contribution in [0.1, 0.15) is 67.8 Å². The summed E-state index contributed by atoms with van der Waals surface area (Å²) in [6.07, 6.45) is 33.9. The molecule has 3 atom stereocenters. The number of hydrogen-bond donors (Lipinski definition) is 0. The molecule has 5 aliphatic carbocycles. The molecule has 7 aromatic rings. The van der Waals surface area contributed by atoms with Gasteiger partial charge in [-0.1, -0.05) is 176 Å². The highest BCUT2D eigenvalue weighted by Crippen LogP contribution is 2.49. The fraction of sp³-hybridized carbons (Fsp3) is 0.176. The Bertz CT molecular complexity index is 3400. The quantitative estimate of drug-likeness (QED) is 0.128. The Balaban J connectivity index is 1.06. The van der Waals surface area contributed by atoms with Crippen LogP contribution >= 0.6 is 0 Å². The second-order valence-electron chi connectivity index (χ2n) is 19.8. The maximum absolute atomic E-state index is 2.72. The molecule has 3 unspecified atom stereocenters. The van der Waals surface area contributed by atoms with Crippen LogP contribution in [0.5, 0.6) is 0 Å². The minimum atomic E-state index is 0.0561. The van der Waals surface area contributed by atoms with Gasteiger partial charge in [-0.3, -0.25) is 0 Å². The second-order valence-corrected chi connectivity index (χ2v) is 19.8. The summed E-state index contributed by atoms with van der Waals surface area (Å²) in [5.41, 5.74) is 22.1. The van der Waals surface area contributed by atoms with Gasteiger partial charge in [-0.15, -0.1) is 0 Å². The molecule has 0 saturated heterocycles. The highest BCUT2D eigenvalue weighted by molar-refractivity contribution is 5.98. The summed E-state index contributed by atoms with van der Waals surface area (Å²) in [6.45, 7) is 4.72. The number of aryl methyl sites for hydroxylation is 1. The van der Waals surface area contributed by atoms with Crippen molar-refractivity contribution < 1.29 is 0 Å². The Morgan fingerprint density at radius 2 is 1.31 bits per heavy atom. The zero-order valence-corrected chi connectivity index (χ0v) is 41.0. The van der Waals surface area contributed by atoms with Crippen molar-refractivity contribution in [3.05, 3.63) is 287 Å². The SMILES string of the molecule is CC1=C(c2ccccc2C)c2c(c3ccccc3n2-c2ccccc2)CC1C1=CC(N(C2=CCC(C3=CCCC=C3)C=C2)C2=CC=CCC2)CC(N(c2ccccc2)c2ccc(-c3ccccc3)cc2)=C1. The van der Waals surface area contributed by atoms with E-state index in [1.165, 1.54) is 89.5 Å². The monoisotopic (exact) mass is 919 g/mol. The lowest BCUT2D eigenvalue weighted by atomic mass is 9.73. The molecule has 1 aromatic heterocycles. The predicted octanol–water partition coefficient (Wildman–Crippen LogP) is 17.3. The van der Waals surface area contributed by atoms with Crippen LogP contribution in [0, 0.1) is 18.8 Å². The van der Waals surface area contributed by atoms with Crippen LogP contribution in [0.3, 0.4) is 0 Å². The van der Waals surface area contributed by atoms with Crippen molar-refractivity contribution in [2.75, 3.05) is 4.90 Å². The summed E-state index contributed by atoms with van der Waals surface area (Å²) in [5.74, 6) is 0.523. The third-order valence-corrected chi connectivity index (χ3v) is 15.5. The van der Waals surface area contributed by atoms with Gasteiger partial charge in [0.25, 0.3) is 0 Å². The van der Waals surface area contributed by atoms with Gasteiger partial charge in [-0.2, -0.15) is 0 Å². The van der Waals surface area contributed by atoms with E-state index in [1.54, 1.807) is 0 Å². The van der Waals surface area contributed by atoms with Gasteiger partial charge in [0.1, 0.15) is 0 Å². The van der Waals surface area contributed by atoms with Crippen LogP contribution < -0.4 is 4.90 Å². The van der Waals surface area contributed by atoms with Crippen molar-refractivity contribution in [2.24, 2.45) is 11.8 Å². The van der Waals surface area contributed by atoms with Gasteiger partial charge in [0.2, 0.25) is 0 Å². The largest absolute Gasteiger partial charge is 0.338 e. The Morgan fingerprint density at radius 1 is 0.592 bits per heavy atom. The highest BCUT2D eigenvalue weighted by atomic mass is 15.2. The molecule has 348 valence electrons. The van der Waals surface area contributed by atoms with Crippen molar-refractivity contribution in [3.63, 3.8) is 0 Å². The maximum atomic E-state index is 2.72. The molecule has 71 heavy (non-hydrogen) atoms. The lowest BCUT2D eigenvalue weighted by molar-refractivity contribution is 0.346. The summed E-state index contributed by atoms with van der Waals surface area (Å²) in [6, 6.07) is 60.2. The third-order valence-electron chi connectivity index (χ3n) is 15.5. The number of anilines is 2. The summed E-state index contributed by atoms with van der Waals surface area (Å²) in [7, 11) is 0. The first kappa shape index (κ1) is 44.3. The zero-order valence-electron chi connectivity index (χ0n) is 41.0. The van der Waals surface area contributed by atoms with Crippen LogP contribution in [0.2, 0.25) is 0 Å². The molecule has 0 amide bonds. The lowest BCUT2D eigenvalue weighted by Gasteiger charge is -2.42. The topological polar surface area (TPSA) is 11.4 Å². The van der Waals surface area contributed by atoms with Crippen molar-refractivity contribution in [1.82, 2.24) is 9.47 Å². The van der Waals surface area contributed by atoms with E-state index in [0.717, 1.165) is 56.3 Å². The number of aromatic nitrogens is 1. The van der Waals surface area contributed by atoms with Gasteiger partial charge in [0, 0.05) is 63.4 Å². The van der Waals surface area contributed by atoms with Gasteiger partial charge in [-0.05, 0) is 152 Å². The van der Waals surface area contributed by atoms with E-state index < -0.39 is 0 Å². The van der Waals surface area contributed by atoms with Crippen LogP contribution in [-0.4, -0.2) is 15.5 Å². The second kappa shape index (κ2) is 19.5. The van der Waals surface area contributed by atoms with E-state index in [1.807, 2.05) is 0 Å². The zero-order chi connectivity index (χ0) is 47.7. The van der Waals surface area contributed by atoms with Gasteiger partial charge < -0.3 is 14.4 Å². The minimum absolute atomic E-state index is 0.0561. The number of para-hydroxylation sites is 3. The van der Waals surface area contributed by atoms with E-state index in [-0.39, 0.29) is 12.0 Å². The molecule has 0 N–H and O–H groups in total. The Hall–Kier alpha value is -7.88. The molecular formula is C68H61N3. The van der Waals surface area contributed by atoms with E-state index >= 15 is 0 Å². The molecule has 6 aromatic carbocycles.